The first kappa shape index (κ1) is 17.0. The van der Waals surface area contributed by atoms with Crippen LogP contribution in [0.1, 0.15) is 71.6 Å². The molecule has 3 unspecified atom stereocenters. The number of fused-ring (bicyclic) bond motifs is 5. The van der Waals surface area contributed by atoms with Gasteiger partial charge in [0.2, 0.25) is 0 Å². The molecule has 4 aliphatic carbocycles. The molecule has 0 aromatic rings. The van der Waals surface area contributed by atoms with Crippen LogP contribution in [0.15, 0.2) is 0 Å². The fraction of sp³-hybridized carbons (Fsp3) is 1.00. The van der Waals surface area contributed by atoms with Gasteiger partial charge in [-0.1, -0.05) is 13.8 Å². The van der Waals surface area contributed by atoms with E-state index in [1.54, 1.807) is 0 Å². The molecule has 22 heavy (non-hydrogen) atoms. The lowest BCUT2D eigenvalue weighted by Gasteiger charge is -2.60. The van der Waals surface area contributed by atoms with Gasteiger partial charge >= 0.3 is 0 Å². The fourth-order valence-corrected chi connectivity index (χ4v) is 7.26. The molecule has 4 rings (SSSR count). The fourth-order valence-electron chi connectivity index (χ4n) is 7.26. The van der Waals surface area contributed by atoms with Gasteiger partial charge in [-0.15, -0.1) is 0 Å². The molecule has 4 saturated carbocycles. The quantitative estimate of drug-likeness (QED) is 0.689. The van der Waals surface area contributed by atoms with Gasteiger partial charge in [0.1, 0.15) is 0 Å². The van der Waals surface area contributed by atoms with Gasteiger partial charge in [0.15, 0.2) is 0 Å². The highest BCUT2D eigenvalue weighted by atomic mass is 35.5. The second-order valence-electron chi connectivity index (χ2n) is 9.33. The van der Waals surface area contributed by atoms with E-state index in [9.17, 15) is 5.11 Å². The topological polar surface area (TPSA) is 46.2 Å². The monoisotopic (exact) mass is 326 g/mol. The first-order valence-electron chi connectivity index (χ1n) is 9.39. The smallest absolute Gasteiger partial charge is 0.0596 e. The maximum Gasteiger partial charge on any atom is 0.0596 e. The Morgan fingerprint density at radius 2 is 1.55 bits per heavy atom. The van der Waals surface area contributed by atoms with Gasteiger partial charge in [-0.05, 0) is 92.3 Å². The summed E-state index contributed by atoms with van der Waals surface area (Å²) in [5, 5.41) is 10.5. The number of rotatable bonds is 0. The molecule has 0 amide bonds. The Labute approximate surface area is 142 Å². The number of aliphatic hydroxyl groups excluding tert-OH is 1. The summed E-state index contributed by atoms with van der Waals surface area (Å²) in [6.45, 7) is 4.98. The molecule has 3 N–H and O–H groups in total. The minimum Gasteiger partial charge on any atom is -1.00 e. The normalized spacial score (nSPS) is 57.3. The van der Waals surface area contributed by atoms with Crippen LogP contribution in [0.2, 0.25) is 0 Å². The van der Waals surface area contributed by atoms with Crippen molar-refractivity contribution in [3.63, 3.8) is 0 Å². The van der Waals surface area contributed by atoms with E-state index in [1.165, 1.54) is 51.4 Å². The van der Waals surface area contributed by atoms with E-state index in [0.717, 1.165) is 30.1 Å². The molecule has 0 saturated heterocycles. The summed E-state index contributed by atoms with van der Waals surface area (Å²) < 4.78 is 0. The number of hydrogen-bond donors (Lipinski definition) is 2. The molecule has 128 valence electrons. The van der Waals surface area contributed by atoms with Crippen molar-refractivity contribution in [3.05, 3.63) is 0 Å². The summed E-state index contributed by atoms with van der Waals surface area (Å²) in [7, 11) is 0. The third-order valence-electron chi connectivity index (χ3n) is 8.66. The zero-order valence-corrected chi connectivity index (χ0v) is 15.0. The van der Waals surface area contributed by atoms with Gasteiger partial charge in [-0.25, -0.2) is 0 Å². The molecule has 0 bridgehead atoms. The van der Waals surface area contributed by atoms with Crippen molar-refractivity contribution < 1.29 is 17.5 Å². The highest BCUT2D eigenvalue weighted by Crippen LogP contribution is 2.66. The van der Waals surface area contributed by atoms with Crippen LogP contribution in [0.4, 0.5) is 0 Å². The Bertz CT molecular complexity index is 430. The molecule has 0 aliphatic heterocycles. The SMILES string of the molecule is C[C@]12CCC3C(CC[C@H]4C[C@H](N)CC[C@]34C)C1CC[C@H]2O.[Cl-]. The van der Waals surface area contributed by atoms with Gasteiger partial charge in [0.25, 0.3) is 0 Å². The number of nitrogens with two attached hydrogens (primary N) is 1. The second kappa shape index (κ2) is 5.63. The largest absolute Gasteiger partial charge is 1.00 e. The molecule has 0 spiro atoms. The van der Waals surface area contributed by atoms with E-state index in [-0.39, 0.29) is 23.9 Å². The van der Waals surface area contributed by atoms with E-state index in [0.29, 0.717) is 11.5 Å². The van der Waals surface area contributed by atoms with Crippen molar-refractivity contribution in [2.24, 2.45) is 40.2 Å². The summed E-state index contributed by atoms with van der Waals surface area (Å²) in [5.41, 5.74) is 7.04. The molecular formula is C19H33ClNO-. The highest BCUT2D eigenvalue weighted by molar-refractivity contribution is 5.09. The van der Waals surface area contributed by atoms with Crippen LogP contribution >= 0.6 is 0 Å². The summed E-state index contributed by atoms with van der Waals surface area (Å²) in [6.07, 6.45) is 11.6. The Morgan fingerprint density at radius 3 is 2.32 bits per heavy atom. The van der Waals surface area contributed by atoms with Gasteiger partial charge in [-0.2, -0.15) is 0 Å². The zero-order chi connectivity index (χ0) is 14.8. The number of halogens is 1. The van der Waals surface area contributed by atoms with Crippen LogP contribution in [0.5, 0.6) is 0 Å². The van der Waals surface area contributed by atoms with Gasteiger partial charge < -0.3 is 23.2 Å². The number of hydrogen-bond acceptors (Lipinski definition) is 2. The van der Waals surface area contributed by atoms with E-state index in [1.807, 2.05) is 0 Å². The molecule has 2 nitrogen and oxygen atoms in total. The number of aliphatic hydroxyl groups is 1. The standard InChI is InChI=1S/C19H33NO.ClH/c1-18-9-7-13(20)11-12(18)3-4-14-15-5-6-17(21)19(15,2)10-8-16(14)18;/h12-17,21H,3-11,20H2,1-2H3;1H/p-1/t12-,13+,14?,15?,16?,17+,18-,19-;/m0./s1. The van der Waals surface area contributed by atoms with Crippen LogP contribution < -0.4 is 18.1 Å². The van der Waals surface area contributed by atoms with Crippen molar-refractivity contribution in [1.82, 2.24) is 0 Å². The molecule has 3 heteroatoms. The molecule has 0 heterocycles. The molecular weight excluding hydrogens is 294 g/mol. The Morgan fingerprint density at radius 1 is 0.864 bits per heavy atom. The van der Waals surface area contributed by atoms with E-state index in [4.69, 9.17) is 5.73 Å². The third-order valence-corrected chi connectivity index (χ3v) is 8.66. The van der Waals surface area contributed by atoms with Gasteiger partial charge in [0, 0.05) is 6.04 Å². The van der Waals surface area contributed by atoms with Crippen LogP contribution in [0, 0.1) is 34.5 Å². The lowest BCUT2D eigenvalue weighted by Crippen LogP contribution is -3.00. The third kappa shape index (κ3) is 2.20. The van der Waals surface area contributed by atoms with Crippen LogP contribution in [-0.4, -0.2) is 17.3 Å². The average molecular weight is 327 g/mol. The molecule has 4 aliphatic rings. The van der Waals surface area contributed by atoms with Crippen molar-refractivity contribution >= 4 is 0 Å². The zero-order valence-electron chi connectivity index (χ0n) is 14.2. The van der Waals surface area contributed by atoms with E-state index in [2.05, 4.69) is 13.8 Å². The second-order valence-corrected chi connectivity index (χ2v) is 9.33. The minimum atomic E-state index is -0.0336. The Hall–Kier alpha value is 0.210. The maximum atomic E-state index is 10.5. The lowest BCUT2D eigenvalue weighted by atomic mass is 9.45. The Balaban J connectivity index is 0.00000144. The van der Waals surface area contributed by atoms with Crippen molar-refractivity contribution in [3.8, 4) is 0 Å². The van der Waals surface area contributed by atoms with Crippen LogP contribution in [0.3, 0.4) is 0 Å². The van der Waals surface area contributed by atoms with Gasteiger partial charge in [0.05, 0.1) is 6.10 Å². The van der Waals surface area contributed by atoms with E-state index >= 15 is 0 Å². The maximum absolute atomic E-state index is 10.5. The molecule has 0 aromatic carbocycles. The summed E-state index contributed by atoms with van der Waals surface area (Å²) in [6, 6.07) is 0.460. The average Bonchev–Trinajstić information content (AvgIpc) is 2.76. The first-order valence-corrected chi connectivity index (χ1v) is 9.39. The summed E-state index contributed by atoms with van der Waals surface area (Å²) >= 11 is 0. The predicted molar refractivity (Wildman–Crippen MR) is 85.7 cm³/mol. The molecule has 0 aromatic heterocycles. The summed E-state index contributed by atoms with van der Waals surface area (Å²) in [4.78, 5) is 0. The highest BCUT2D eigenvalue weighted by Gasteiger charge is 2.59. The summed E-state index contributed by atoms with van der Waals surface area (Å²) in [5.74, 6) is 3.46. The predicted octanol–water partition coefficient (Wildman–Crippen LogP) is 0.721. The molecule has 4 fully saturated rings. The van der Waals surface area contributed by atoms with Gasteiger partial charge in [-0.3, -0.25) is 0 Å². The minimum absolute atomic E-state index is 0. The molecule has 0 radical (unpaired) electrons. The Kier molecular flexibility index (Phi) is 4.37. The first-order chi connectivity index (χ1) is 9.95. The van der Waals surface area contributed by atoms with Crippen molar-refractivity contribution in [2.75, 3.05) is 0 Å². The molecule has 8 atom stereocenters. The lowest BCUT2D eigenvalue weighted by molar-refractivity contribution is -0.122. The van der Waals surface area contributed by atoms with Crippen molar-refractivity contribution in [1.29, 1.82) is 0 Å². The van der Waals surface area contributed by atoms with Crippen LogP contribution in [-0.2, 0) is 0 Å². The van der Waals surface area contributed by atoms with Crippen LogP contribution in [0.25, 0.3) is 0 Å². The van der Waals surface area contributed by atoms with Crippen molar-refractivity contribution in [2.45, 2.75) is 83.8 Å². The van der Waals surface area contributed by atoms with E-state index < -0.39 is 0 Å².